The predicted molar refractivity (Wildman–Crippen MR) is 123 cm³/mol. The molecule has 1 fully saturated rings. The second-order valence-corrected chi connectivity index (χ2v) is 8.20. The van der Waals surface area contributed by atoms with E-state index in [2.05, 4.69) is 11.4 Å². The van der Waals surface area contributed by atoms with Crippen molar-refractivity contribution in [1.29, 1.82) is 0 Å². The van der Waals surface area contributed by atoms with Crippen LogP contribution in [0, 0.1) is 0 Å². The number of hydrogen-bond acceptors (Lipinski definition) is 7. The minimum atomic E-state index is -0.766. The molecule has 2 aliphatic rings. The first-order valence-electron chi connectivity index (χ1n) is 11.3. The molecule has 0 saturated heterocycles. The lowest BCUT2D eigenvalue weighted by Crippen LogP contribution is -2.36. The summed E-state index contributed by atoms with van der Waals surface area (Å²) < 4.78 is 21.1. The van der Waals surface area contributed by atoms with Crippen molar-refractivity contribution < 1.29 is 33.0 Å². The summed E-state index contributed by atoms with van der Waals surface area (Å²) in [6.45, 7) is -0.396. The normalized spacial score (nSPS) is 15.2. The maximum absolute atomic E-state index is 13.0. The SMILES string of the molecule is COc1cc(NC(=O)c2ccco2)c(C(=O)OCC(=O)N(C2=CCCCC2)C2CC2)cc1OC. The number of allylic oxidation sites excluding steroid dienone is 2. The lowest BCUT2D eigenvalue weighted by molar-refractivity contribution is -0.133. The maximum Gasteiger partial charge on any atom is 0.340 e. The summed E-state index contributed by atoms with van der Waals surface area (Å²) in [6.07, 6.45) is 9.37. The third-order valence-corrected chi connectivity index (χ3v) is 5.82. The van der Waals surface area contributed by atoms with E-state index in [1.165, 1.54) is 38.7 Å². The molecule has 0 bridgehead atoms. The van der Waals surface area contributed by atoms with E-state index >= 15 is 0 Å². The molecule has 1 heterocycles. The minimum absolute atomic E-state index is 0.0280. The Bertz CT molecular complexity index is 1090. The molecule has 0 aliphatic heterocycles. The number of ether oxygens (including phenoxy) is 3. The van der Waals surface area contributed by atoms with Gasteiger partial charge in [-0.2, -0.15) is 0 Å². The molecule has 9 heteroatoms. The number of amides is 2. The van der Waals surface area contributed by atoms with Crippen molar-refractivity contribution in [2.45, 2.75) is 44.6 Å². The molecule has 1 N–H and O–H groups in total. The van der Waals surface area contributed by atoms with Gasteiger partial charge in [0.1, 0.15) is 0 Å². The fourth-order valence-corrected chi connectivity index (χ4v) is 3.99. The molecule has 2 aliphatic carbocycles. The van der Waals surface area contributed by atoms with Crippen molar-refractivity contribution in [2.75, 3.05) is 26.1 Å². The summed E-state index contributed by atoms with van der Waals surface area (Å²) in [7, 11) is 2.88. The van der Waals surface area contributed by atoms with E-state index < -0.39 is 18.5 Å². The largest absolute Gasteiger partial charge is 0.493 e. The van der Waals surface area contributed by atoms with E-state index in [-0.39, 0.29) is 34.7 Å². The Morgan fingerprint density at radius 1 is 1.12 bits per heavy atom. The van der Waals surface area contributed by atoms with Crippen molar-refractivity contribution in [1.82, 2.24) is 4.90 Å². The van der Waals surface area contributed by atoms with Crippen LogP contribution in [0.5, 0.6) is 11.5 Å². The van der Waals surface area contributed by atoms with Gasteiger partial charge >= 0.3 is 5.97 Å². The number of anilines is 1. The molecule has 1 saturated carbocycles. The highest BCUT2D eigenvalue weighted by molar-refractivity contribution is 6.07. The van der Waals surface area contributed by atoms with Gasteiger partial charge in [-0.1, -0.05) is 6.08 Å². The van der Waals surface area contributed by atoms with Crippen molar-refractivity contribution >= 4 is 23.5 Å². The molecule has 0 radical (unpaired) electrons. The average molecular weight is 469 g/mol. The van der Waals surface area contributed by atoms with Crippen LogP contribution in [0.15, 0.2) is 46.7 Å². The monoisotopic (exact) mass is 468 g/mol. The quantitative estimate of drug-likeness (QED) is 0.551. The van der Waals surface area contributed by atoms with Gasteiger partial charge in [-0.05, 0) is 50.7 Å². The average Bonchev–Trinajstić information content (AvgIpc) is 3.53. The van der Waals surface area contributed by atoms with Gasteiger partial charge < -0.3 is 28.8 Å². The Balaban J connectivity index is 1.52. The van der Waals surface area contributed by atoms with Crippen LogP contribution in [-0.2, 0) is 9.53 Å². The van der Waals surface area contributed by atoms with E-state index in [0.717, 1.165) is 44.2 Å². The Hall–Kier alpha value is -3.75. The van der Waals surface area contributed by atoms with Crippen LogP contribution in [0.1, 0.15) is 59.4 Å². The van der Waals surface area contributed by atoms with Crippen LogP contribution >= 0.6 is 0 Å². The van der Waals surface area contributed by atoms with Gasteiger partial charge in [0, 0.05) is 23.9 Å². The zero-order valence-electron chi connectivity index (χ0n) is 19.3. The lowest BCUT2D eigenvalue weighted by Gasteiger charge is -2.27. The van der Waals surface area contributed by atoms with Crippen LogP contribution in [0.4, 0.5) is 5.69 Å². The number of furan rings is 1. The van der Waals surface area contributed by atoms with E-state index in [1.54, 1.807) is 11.0 Å². The maximum atomic E-state index is 13.0. The number of hydrogen-bond donors (Lipinski definition) is 1. The van der Waals surface area contributed by atoms with Gasteiger partial charge in [0.05, 0.1) is 31.7 Å². The number of methoxy groups -OCH3 is 2. The molecule has 0 spiro atoms. The van der Waals surface area contributed by atoms with Crippen molar-refractivity contribution in [3.63, 3.8) is 0 Å². The molecular weight excluding hydrogens is 440 g/mol. The number of benzene rings is 1. The first-order chi connectivity index (χ1) is 16.5. The molecule has 9 nitrogen and oxygen atoms in total. The summed E-state index contributed by atoms with van der Waals surface area (Å²) in [5, 5.41) is 2.64. The number of nitrogens with one attached hydrogen (secondary N) is 1. The predicted octanol–water partition coefficient (Wildman–Crippen LogP) is 4.15. The Labute approximate surface area is 197 Å². The third-order valence-electron chi connectivity index (χ3n) is 5.82. The summed E-state index contributed by atoms with van der Waals surface area (Å²) in [5.74, 6) is -0.891. The van der Waals surface area contributed by atoms with Crippen molar-refractivity contribution in [3.05, 3.63) is 53.6 Å². The molecule has 2 amide bonds. The van der Waals surface area contributed by atoms with Crippen LogP contribution in [0.3, 0.4) is 0 Å². The highest BCUT2D eigenvalue weighted by Gasteiger charge is 2.35. The van der Waals surface area contributed by atoms with E-state index in [9.17, 15) is 14.4 Å². The molecule has 1 aromatic carbocycles. The molecule has 34 heavy (non-hydrogen) atoms. The first kappa shape index (κ1) is 23.4. The summed E-state index contributed by atoms with van der Waals surface area (Å²) in [4.78, 5) is 40.3. The van der Waals surface area contributed by atoms with Gasteiger partial charge in [-0.3, -0.25) is 9.59 Å². The zero-order chi connectivity index (χ0) is 24.1. The fourth-order valence-electron chi connectivity index (χ4n) is 3.99. The van der Waals surface area contributed by atoms with E-state index in [1.807, 2.05) is 0 Å². The van der Waals surface area contributed by atoms with Gasteiger partial charge in [-0.25, -0.2) is 4.79 Å². The lowest BCUT2D eigenvalue weighted by atomic mass is 10.0. The highest BCUT2D eigenvalue weighted by atomic mass is 16.5. The highest BCUT2D eigenvalue weighted by Crippen LogP contribution is 2.35. The number of esters is 1. The van der Waals surface area contributed by atoms with Crippen molar-refractivity contribution in [3.8, 4) is 11.5 Å². The standard InChI is InChI=1S/C25H28N2O7/c1-31-21-13-18(19(14-22(21)32-2)26-24(29)20-9-6-12-33-20)25(30)34-15-23(28)27(17-10-11-17)16-7-4-3-5-8-16/h6-7,9,12-14,17H,3-5,8,10-11,15H2,1-2H3,(H,26,29). The van der Waals surface area contributed by atoms with Crippen LogP contribution in [-0.4, -0.2) is 49.6 Å². The Kier molecular flexibility index (Phi) is 7.20. The molecule has 0 atom stereocenters. The second kappa shape index (κ2) is 10.5. The molecule has 0 unspecified atom stereocenters. The van der Waals surface area contributed by atoms with E-state index in [0.29, 0.717) is 5.75 Å². The Morgan fingerprint density at radius 3 is 2.50 bits per heavy atom. The second-order valence-electron chi connectivity index (χ2n) is 8.20. The van der Waals surface area contributed by atoms with Gasteiger partial charge in [0.15, 0.2) is 23.9 Å². The number of carbonyl (C=O) groups is 3. The molecular formula is C25H28N2O7. The minimum Gasteiger partial charge on any atom is -0.493 e. The summed E-state index contributed by atoms with van der Waals surface area (Å²) in [5.41, 5.74) is 1.19. The van der Waals surface area contributed by atoms with E-state index in [4.69, 9.17) is 18.6 Å². The zero-order valence-corrected chi connectivity index (χ0v) is 19.3. The summed E-state index contributed by atoms with van der Waals surface area (Å²) in [6, 6.07) is 6.13. The molecule has 4 rings (SSSR count). The Morgan fingerprint density at radius 2 is 1.88 bits per heavy atom. The molecule has 180 valence electrons. The van der Waals surface area contributed by atoms with Crippen LogP contribution in [0.2, 0.25) is 0 Å². The van der Waals surface area contributed by atoms with Gasteiger partial charge in [0.2, 0.25) is 0 Å². The fraction of sp³-hybridized carbons (Fsp3) is 0.400. The first-order valence-corrected chi connectivity index (χ1v) is 11.3. The molecule has 2 aromatic rings. The van der Waals surface area contributed by atoms with Crippen molar-refractivity contribution in [2.24, 2.45) is 0 Å². The molecule has 1 aromatic heterocycles. The van der Waals surface area contributed by atoms with Gasteiger partial charge in [-0.15, -0.1) is 0 Å². The number of nitrogens with zero attached hydrogens (tertiary/aromatic N) is 1. The van der Waals surface area contributed by atoms with Gasteiger partial charge in [0.25, 0.3) is 11.8 Å². The topological polar surface area (TPSA) is 107 Å². The third kappa shape index (κ3) is 5.24. The number of rotatable bonds is 9. The number of carbonyl (C=O) groups excluding carboxylic acids is 3. The van der Waals surface area contributed by atoms with Crippen LogP contribution < -0.4 is 14.8 Å². The van der Waals surface area contributed by atoms with Crippen LogP contribution in [0.25, 0.3) is 0 Å². The smallest absolute Gasteiger partial charge is 0.340 e. The summed E-state index contributed by atoms with van der Waals surface area (Å²) >= 11 is 0.